The fourth-order valence-electron chi connectivity index (χ4n) is 2.82. The number of phenolic OH excluding ortho intramolecular Hbond substituents is 1. The highest BCUT2D eigenvalue weighted by atomic mass is 35.5. The van der Waals surface area contributed by atoms with Gasteiger partial charge in [0.25, 0.3) is 0 Å². The molecule has 0 spiro atoms. The average molecular weight is 256 g/mol. The Morgan fingerprint density at radius 3 is 2.53 bits per heavy atom. The Kier molecular flexibility index (Phi) is 3.23. The van der Waals surface area contributed by atoms with Crippen molar-refractivity contribution in [3.63, 3.8) is 0 Å². The van der Waals surface area contributed by atoms with E-state index in [4.69, 9.17) is 22.1 Å². The van der Waals surface area contributed by atoms with E-state index in [9.17, 15) is 5.11 Å². The minimum atomic E-state index is -0.438. The predicted octanol–water partition coefficient (Wildman–Crippen LogP) is 3.09. The summed E-state index contributed by atoms with van der Waals surface area (Å²) in [7, 11) is 1.50. The second-order valence-electron chi connectivity index (χ2n) is 4.80. The quantitative estimate of drug-likeness (QED) is 0.854. The van der Waals surface area contributed by atoms with Crippen LogP contribution in [-0.4, -0.2) is 12.2 Å². The van der Waals surface area contributed by atoms with E-state index in [2.05, 4.69) is 0 Å². The molecule has 3 nitrogen and oxygen atoms in total. The van der Waals surface area contributed by atoms with Crippen molar-refractivity contribution in [3.8, 4) is 11.5 Å². The highest BCUT2D eigenvalue weighted by molar-refractivity contribution is 6.32. The summed E-state index contributed by atoms with van der Waals surface area (Å²) in [5.74, 6) is 0.422. The third-order valence-electron chi connectivity index (χ3n) is 3.60. The monoisotopic (exact) mass is 255 g/mol. The largest absolute Gasteiger partial charge is 0.504 e. The molecule has 1 fully saturated rings. The topological polar surface area (TPSA) is 55.5 Å². The molecule has 1 saturated carbocycles. The first-order valence-electron chi connectivity index (χ1n) is 5.85. The van der Waals surface area contributed by atoms with Crippen molar-refractivity contribution in [1.29, 1.82) is 0 Å². The summed E-state index contributed by atoms with van der Waals surface area (Å²) in [6, 6.07) is 1.81. The summed E-state index contributed by atoms with van der Waals surface area (Å²) in [4.78, 5) is 0. The molecule has 17 heavy (non-hydrogen) atoms. The molecule has 2 rings (SSSR count). The number of methoxy groups -OCH3 is 1. The summed E-state index contributed by atoms with van der Waals surface area (Å²) < 4.78 is 5.14. The van der Waals surface area contributed by atoms with Gasteiger partial charge in [0.15, 0.2) is 11.5 Å². The standard InChI is InChI=1S/C13H18ClNO2/c1-8-7-9(14)12(17-2)11(16)10(8)13(15)5-3-4-6-13/h7,16H,3-6,15H2,1-2H3. The number of aromatic hydroxyl groups is 1. The van der Waals surface area contributed by atoms with E-state index in [0.29, 0.717) is 10.8 Å². The first-order chi connectivity index (χ1) is 7.99. The summed E-state index contributed by atoms with van der Waals surface area (Å²) in [6.07, 6.45) is 3.99. The predicted molar refractivity (Wildman–Crippen MR) is 68.7 cm³/mol. The normalized spacial score (nSPS) is 18.4. The Bertz CT molecular complexity index is 440. The van der Waals surface area contributed by atoms with Crippen molar-refractivity contribution in [2.24, 2.45) is 5.73 Å². The van der Waals surface area contributed by atoms with Crippen LogP contribution in [0.4, 0.5) is 0 Å². The molecule has 0 atom stereocenters. The first-order valence-corrected chi connectivity index (χ1v) is 6.23. The molecule has 1 aliphatic carbocycles. The molecule has 1 aromatic rings. The second kappa shape index (κ2) is 4.39. The molecule has 0 aromatic heterocycles. The van der Waals surface area contributed by atoms with Crippen LogP contribution in [0.15, 0.2) is 6.07 Å². The van der Waals surface area contributed by atoms with E-state index in [0.717, 1.165) is 36.8 Å². The van der Waals surface area contributed by atoms with E-state index in [1.165, 1.54) is 7.11 Å². The van der Waals surface area contributed by atoms with Crippen LogP contribution in [0.3, 0.4) is 0 Å². The Balaban J connectivity index is 2.60. The van der Waals surface area contributed by atoms with Gasteiger partial charge in [-0.1, -0.05) is 24.4 Å². The minimum Gasteiger partial charge on any atom is -0.504 e. The molecule has 94 valence electrons. The molecular formula is C13H18ClNO2. The lowest BCUT2D eigenvalue weighted by atomic mass is 9.85. The number of aryl methyl sites for hydroxylation is 1. The van der Waals surface area contributed by atoms with E-state index in [1.54, 1.807) is 0 Å². The number of benzene rings is 1. The van der Waals surface area contributed by atoms with Gasteiger partial charge < -0.3 is 15.6 Å². The van der Waals surface area contributed by atoms with Gasteiger partial charge in [-0.25, -0.2) is 0 Å². The highest BCUT2D eigenvalue weighted by Crippen LogP contribution is 2.47. The highest BCUT2D eigenvalue weighted by Gasteiger charge is 2.36. The summed E-state index contributed by atoms with van der Waals surface area (Å²) in [5.41, 5.74) is 7.68. The molecule has 0 aliphatic heterocycles. The number of halogens is 1. The molecule has 0 heterocycles. The van der Waals surface area contributed by atoms with Crippen LogP contribution in [0.25, 0.3) is 0 Å². The number of hydrogen-bond donors (Lipinski definition) is 2. The van der Waals surface area contributed by atoms with Crippen LogP contribution in [0, 0.1) is 6.92 Å². The maximum atomic E-state index is 10.3. The van der Waals surface area contributed by atoms with Crippen molar-refractivity contribution >= 4 is 11.6 Å². The summed E-state index contributed by atoms with van der Waals surface area (Å²) >= 11 is 6.03. The van der Waals surface area contributed by atoms with E-state index >= 15 is 0 Å². The lowest BCUT2D eigenvalue weighted by Crippen LogP contribution is -2.34. The molecule has 0 radical (unpaired) electrons. The van der Waals surface area contributed by atoms with E-state index < -0.39 is 5.54 Å². The lowest BCUT2D eigenvalue weighted by molar-refractivity contribution is 0.354. The number of ether oxygens (including phenoxy) is 1. The first kappa shape index (κ1) is 12.5. The summed E-state index contributed by atoms with van der Waals surface area (Å²) in [6.45, 7) is 1.92. The van der Waals surface area contributed by atoms with Crippen molar-refractivity contribution in [1.82, 2.24) is 0 Å². The number of phenols is 1. The van der Waals surface area contributed by atoms with E-state index in [1.807, 2.05) is 13.0 Å². The fourth-order valence-corrected chi connectivity index (χ4v) is 3.15. The van der Waals surface area contributed by atoms with Gasteiger partial charge in [-0.05, 0) is 31.4 Å². The third kappa shape index (κ3) is 1.98. The Labute approximate surface area is 107 Å². The number of rotatable bonds is 2. The van der Waals surface area contributed by atoms with Gasteiger partial charge in [-0.15, -0.1) is 0 Å². The zero-order valence-corrected chi connectivity index (χ0v) is 11.0. The van der Waals surface area contributed by atoms with Crippen molar-refractivity contribution < 1.29 is 9.84 Å². The van der Waals surface area contributed by atoms with Gasteiger partial charge in [0.2, 0.25) is 0 Å². The van der Waals surface area contributed by atoms with Crippen LogP contribution in [-0.2, 0) is 5.54 Å². The van der Waals surface area contributed by atoms with Crippen LogP contribution < -0.4 is 10.5 Å². The minimum absolute atomic E-state index is 0.0990. The molecule has 4 heteroatoms. The SMILES string of the molecule is COc1c(Cl)cc(C)c(C2(N)CCCC2)c1O. The van der Waals surface area contributed by atoms with Crippen LogP contribution in [0.1, 0.15) is 36.8 Å². The molecule has 1 aromatic carbocycles. The fraction of sp³-hybridized carbons (Fsp3) is 0.538. The molecule has 0 saturated heterocycles. The zero-order valence-electron chi connectivity index (χ0n) is 10.2. The maximum Gasteiger partial charge on any atom is 0.179 e. The smallest absolute Gasteiger partial charge is 0.179 e. The Morgan fingerprint density at radius 1 is 1.41 bits per heavy atom. The zero-order chi connectivity index (χ0) is 12.6. The molecule has 0 amide bonds. The van der Waals surface area contributed by atoms with Crippen LogP contribution in [0.5, 0.6) is 11.5 Å². The molecule has 3 N–H and O–H groups in total. The van der Waals surface area contributed by atoms with Gasteiger partial charge in [-0.3, -0.25) is 0 Å². The average Bonchev–Trinajstić information content (AvgIpc) is 2.65. The van der Waals surface area contributed by atoms with Crippen LogP contribution in [0.2, 0.25) is 5.02 Å². The lowest BCUT2D eigenvalue weighted by Gasteiger charge is -2.28. The number of hydrogen-bond acceptors (Lipinski definition) is 3. The van der Waals surface area contributed by atoms with Gasteiger partial charge in [0.1, 0.15) is 0 Å². The van der Waals surface area contributed by atoms with Crippen LogP contribution >= 0.6 is 11.6 Å². The molecule has 0 unspecified atom stereocenters. The second-order valence-corrected chi connectivity index (χ2v) is 5.20. The van der Waals surface area contributed by atoms with Gasteiger partial charge in [0.05, 0.1) is 12.1 Å². The van der Waals surface area contributed by atoms with Gasteiger partial charge >= 0.3 is 0 Å². The van der Waals surface area contributed by atoms with Crippen molar-refractivity contribution in [3.05, 3.63) is 22.2 Å². The molecule has 0 bridgehead atoms. The van der Waals surface area contributed by atoms with Crippen molar-refractivity contribution in [2.45, 2.75) is 38.1 Å². The third-order valence-corrected chi connectivity index (χ3v) is 3.88. The Hall–Kier alpha value is -0.930. The maximum absolute atomic E-state index is 10.3. The molecule has 1 aliphatic rings. The Morgan fingerprint density at radius 2 is 2.00 bits per heavy atom. The van der Waals surface area contributed by atoms with Gasteiger partial charge in [0, 0.05) is 11.1 Å². The molecular weight excluding hydrogens is 238 g/mol. The number of nitrogens with two attached hydrogens (primary N) is 1. The van der Waals surface area contributed by atoms with E-state index in [-0.39, 0.29) is 5.75 Å². The summed E-state index contributed by atoms with van der Waals surface area (Å²) in [5, 5.41) is 10.7. The van der Waals surface area contributed by atoms with Crippen molar-refractivity contribution in [2.75, 3.05) is 7.11 Å². The van der Waals surface area contributed by atoms with Gasteiger partial charge in [-0.2, -0.15) is 0 Å².